The van der Waals surface area contributed by atoms with Gasteiger partial charge in [-0.3, -0.25) is 4.98 Å². The van der Waals surface area contributed by atoms with Crippen molar-refractivity contribution in [3.05, 3.63) is 59.9 Å². The third-order valence-corrected chi connectivity index (χ3v) is 3.45. The van der Waals surface area contributed by atoms with E-state index in [2.05, 4.69) is 41.2 Å². The Labute approximate surface area is 125 Å². The van der Waals surface area contributed by atoms with Gasteiger partial charge in [-0.1, -0.05) is 17.7 Å². The van der Waals surface area contributed by atoms with Crippen LogP contribution in [0.4, 0.5) is 5.69 Å². The van der Waals surface area contributed by atoms with Crippen LogP contribution in [0.15, 0.2) is 48.8 Å². The standard InChI is InChI=1S/C16H19N3S/c1-3-19(12-14-8-10-17-11-9-14)16(20)18-15-6-4-13(2)5-7-15/h4-11H,3,12H2,1-2H3,(H,18,20). The van der Waals surface area contributed by atoms with E-state index >= 15 is 0 Å². The Morgan fingerprint density at radius 3 is 2.40 bits per heavy atom. The van der Waals surface area contributed by atoms with Crippen LogP contribution < -0.4 is 5.32 Å². The van der Waals surface area contributed by atoms with Crippen LogP contribution in [0, 0.1) is 6.92 Å². The van der Waals surface area contributed by atoms with Crippen molar-refractivity contribution in [3.63, 3.8) is 0 Å². The van der Waals surface area contributed by atoms with Gasteiger partial charge in [0.25, 0.3) is 0 Å². The highest BCUT2D eigenvalue weighted by atomic mass is 32.1. The Bertz CT molecular complexity index is 552. The molecular formula is C16H19N3S. The molecule has 0 saturated carbocycles. The van der Waals surface area contributed by atoms with Gasteiger partial charge in [0.1, 0.15) is 0 Å². The molecule has 0 atom stereocenters. The average molecular weight is 285 g/mol. The van der Waals surface area contributed by atoms with Gasteiger partial charge in [0.15, 0.2) is 5.11 Å². The molecule has 0 radical (unpaired) electrons. The molecule has 0 aliphatic rings. The number of hydrogen-bond acceptors (Lipinski definition) is 2. The number of thiocarbonyl (C=S) groups is 1. The molecule has 104 valence electrons. The van der Waals surface area contributed by atoms with E-state index in [1.165, 1.54) is 11.1 Å². The van der Waals surface area contributed by atoms with E-state index in [0.717, 1.165) is 23.9 Å². The first kappa shape index (κ1) is 14.5. The van der Waals surface area contributed by atoms with Crippen molar-refractivity contribution in [1.82, 2.24) is 9.88 Å². The molecule has 0 saturated heterocycles. The van der Waals surface area contributed by atoms with Crippen molar-refractivity contribution in [3.8, 4) is 0 Å². The van der Waals surface area contributed by atoms with Crippen LogP contribution in [0.1, 0.15) is 18.1 Å². The molecular weight excluding hydrogens is 266 g/mol. The molecule has 1 aromatic carbocycles. The van der Waals surface area contributed by atoms with Gasteiger partial charge in [0.05, 0.1) is 0 Å². The monoisotopic (exact) mass is 285 g/mol. The molecule has 0 aliphatic carbocycles. The smallest absolute Gasteiger partial charge is 0.173 e. The molecule has 0 bridgehead atoms. The molecule has 0 spiro atoms. The predicted molar refractivity (Wildman–Crippen MR) is 87.7 cm³/mol. The number of nitrogens with zero attached hydrogens (tertiary/aromatic N) is 2. The minimum atomic E-state index is 0.744. The summed E-state index contributed by atoms with van der Waals surface area (Å²) in [4.78, 5) is 6.16. The summed E-state index contributed by atoms with van der Waals surface area (Å²) in [6.45, 7) is 5.82. The molecule has 0 aliphatic heterocycles. The molecule has 1 N–H and O–H groups in total. The van der Waals surface area contributed by atoms with Crippen molar-refractivity contribution < 1.29 is 0 Å². The van der Waals surface area contributed by atoms with Crippen LogP contribution in [0.2, 0.25) is 0 Å². The molecule has 2 aromatic rings. The largest absolute Gasteiger partial charge is 0.345 e. The molecule has 20 heavy (non-hydrogen) atoms. The second-order valence-corrected chi connectivity index (χ2v) is 5.05. The van der Waals surface area contributed by atoms with Crippen molar-refractivity contribution in [2.75, 3.05) is 11.9 Å². The Morgan fingerprint density at radius 2 is 1.80 bits per heavy atom. The lowest BCUT2D eigenvalue weighted by molar-refractivity contribution is 0.442. The second kappa shape index (κ2) is 7.01. The maximum atomic E-state index is 5.49. The minimum absolute atomic E-state index is 0.744. The lowest BCUT2D eigenvalue weighted by Crippen LogP contribution is -2.34. The molecule has 4 heteroatoms. The zero-order valence-corrected chi connectivity index (χ0v) is 12.7. The molecule has 0 fully saturated rings. The van der Waals surface area contributed by atoms with Gasteiger partial charge in [-0.25, -0.2) is 0 Å². The fourth-order valence-electron chi connectivity index (χ4n) is 1.88. The normalized spacial score (nSPS) is 10.1. The lowest BCUT2D eigenvalue weighted by atomic mass is 10.2. The number of aromatic nitrogens is 1. The Balaban J connectivity index is 2.00. The van der Waals surface area contributed by atoms with Gasteiger partial charge in [-0.15, -0.1) is 0 Å². The van der Waals surface area contributed by atoms with Crippen LogP contribution in [0.3, 0.4) is 0 Å². The first-order chi connectivity index (χ1) is 9.69. The van der Waals surface area contributed by atoms with E-state index in [1.807, 2.05) is 24.3 Å². The van der Waals surface area contributed by atoms with Gasteiger partial charge >= 0.3 is 0 Å². The molecule has 2 rings (SSSR count). The van der Waals surface area contributed by atoms with Gasteiger partial charge in [0.2, 0.25) is 0 Å². The summed E-state index contributed by atoms with van der Waals surface area (Å²) in [5.74, 6) is 0. The number of hydrogen-bond donors (Lipinski definition) is 1. The van der Waals surface area contributed by atoms with E-state index in [9.17, 15) is 0 Å². The first-order valence-electron chi connectivity index (χ1n) is 6.70. The highest BCUT2D eigenvalue weighted by Crippen LogP contribution is 2.11. The minimum Gasteiger partial charge on any atom is -0.345 e. The van der Waals surface area contributed by atoms with Gasteiger partial charge in [-0.2, -0.15) is 0 Å². The van der Waals surface area contributed by atoms with Crippen LogP contribution in [0.25, 0.3) is 0 Å². The highest BCUT2D eigenvalue weighted by Gasteiger charge is 2.08. The summed E-state index contributed by atoms with van der Waals surface area (Å²) >= 11 is 5.49. The molecule has 1 heterocycles. The van der Waals surface area contributed by atoms with E-state index in [0.29, 0.717) is 0 Å². The fourth-order valence-corrected chi connectivity index (χ4v) is 2.19. The second-order valence-electron chi connectivity index (χ2n) is 4.67. The third kappa shape index (κ3) is 4.03. The van der Waals surface area contributed by atoms with E-state index < -0.39 is 0 Å². The van der Waals surface area contributed by atoms with Crippen molar-refractivity contribution in [2.24, 2.45) is 0 Å². The third-order valence-electron chi connectivity index (χ3n) is 3.09. The Kier molecular flexibility index (Phi) is 5.07. The number of pyridine rings is 1. The van der Waals surface area contributed by atoms with E-state index in [4.69, 9.17) is 12.2 Å². The Morgan fingerprint density at radius 1 is 1.15 bits per heavy atom. The summed E-state index contributed by atoms with van der Waals surface area (Å²) in [5, 5.41) is 4.03. The van der Waals surface area contributed by atoms with Crippen LogP contribution in [0.5, 0.6) is 0 Å². The molecule has 3 nitrogen and oxygen atoms in total. The fraction of sp³-hybridized carbons (Fsp3) is 0.250. The predicted octanol–water partition coefficient (Wildman–Crippen LogP) is 3.61. The summed E-state index contributed by atoms with van der Waals surface area (Å²) in [7, 11) is 0. The lowest BCUT2D eigenvalue weighted by Gasteiger charge is -2.24. The first-order valence-corrected chi connectivity index (χ1v) is 7.11. The maximum Gasteiger partial charge on any atom is 0.173 e. The number of nitrogens with one attached hydrogen (secondary N) is 1. The van der Waals surface area contributed by atoms with Gasteiger partial charge in [0, 0.05) is 31.2 Å². The summed E-state index contributed by atoms with van der Waals surface area (Å²) < 4.78 is 0. The Hall–Kier alpha value is -1.94. The zero-order chi connectivity index (χ0) is 14.4. The number of aryl methyl sites for hydroxylation is 1. The van der Waals surface area contributed by atoms with Gasteiger partial charge in [-0.05, 0) is 55.9 Å². The highest BCUT2D eigenvalue weighted by molar-refractivity contribution is 7.80. The van der Waals surface area contributed by atoms with E-state index in [1.54, 1.807) is 12.4 Å². The van der Waals surface area contributed by atoms with Crippen molar-refractivity contribution in [1.29, 1.82) is 0 Å². The topological polar surface area (TPSA) is 28.2 Å². The molecule has 0 unspecified atom stereocenters. The van der Waals surface area contributed by atoms with Crippen molar-refractivity contribution in [2.45, 2.75) is 20.4 Å². The number of rotatable bonds is 4. The summed E-state index contributed by atoms with van der Waals surface area (Å²) in [5.41, 5.74) is 3.47. The molecule has 1 aromatic heterocycles. The summed E-state index contributed by atoms with van der Waals surface area (Å²) in [6, 6.07) is 12.3. The van der Waals surface area contributed by atoms with Crippen molar-refractivity contribution >= 4 is 23.0 Å². The van der Waals surface area contributed by atoms with Gasteiger partial charge < -0.3 is 10.2 Å². The SMILES string of the molecule is CCN(Cc1ccncc1)C(=S)Nc1ccc(C)cc1. The molecule has 0 amide bonds. The van der Waals surface area contributed by atoms with Crippen LogP contribution in [-0.4, -0.2) is 21.5 Å². The average Bonchev–Trinajstić information content (AvgIpc) is 2.48. The quantitative estimate of drug-likeness (QED) is 0.869. The number of benzene rings is 1. The zero-order valence-electron chi connectivity index (χ0n) is 11.8. The maximum absolute atomic E-state index is 5.49. The van der Waals surface area contributed by atoms with E-state index in [-0.39, 0.29) is 0 Å². The van der Waals surface area contributed by atoms with Crippen LogP contribution >= 0.6 is 12.2 Å². The number of anilines is 1. The van der Waals surface area contributed by atoms with Crippen LogP contribution in [-0.2, 0) is 6.54 Å². The summed E-state index contributed by atoms with van der Waals surface area (Å²) in [6.07, 6.45) is 3.61.